The Morgan fingerprint density at radius 1 is 1.44 bits per heavy atom. The van der Waals surface area contributed by atoms with Crippen molar-refractivity contribution in [2.75, 3.05) is 18.4 Å². The first kappa shape index (κ1) is 11.8. The van der Waals surface area contributed by atoms with Crippen LogP contribution in [0.2, 0.25) is 0 Å². The lowest BCUT2D eigenvalue weighted by Crippen LogP contribution is -2.48. The number of benzene rings is 1. The van der Waals surface area contributed by atoms with Gasteiger partial charge in [0, 0.05) is 23.2 Å². The third-order valence-electron chi connectivity index (χ3n) is 2.43. The molecule has 1 saturated heterocycles. The van der Waals surface area contributed by atoms with Gasteiger partial charge in [0.25, 0.3) is 0 Å². The smallest absolute Gasteiger partial charge is 0.187 e. The van der Waals surface area contributed by atoms with Crippen molar-refractivity contribution in [3.8, 4) is 0 Å². The van der Waals surface area contributed by atoms with Crippen molar-refractivity contribution in [2.24, 2.45) is 0 Å². The van der Waals surface area contributed by atoms with E-state index in [1.165, 1.54) is 12.8 Å². The summed E-state index contributed by atoms with van der Waals surface area (Å²) in [6.07, 6.45) is 2.41. The largest absolute Gasteiger partial charge is 0.331 e. The van der Waals surface area contributed by atoms with Crippen molar-refractivity contribution in [3.63, 3.8) is 0 Å². The van der Waals surface area contributed by atoms with Gasteiger partial charge in [0.1, 0.15) is 0 Å². The van der Waals surface area contributed by atoms with Crippen LogP contribution in [0, 0.1) is 0 Å². The number of halogens is 1. The van der Waals surface area contributed by atoms with E-state index in [1.54, 1.807) is 0 Å². The van der Waals surface area contributed by atoms with E-state index in [0.717, 1.165) is 28.4 Å². The van der Waals surface area contributed by atoms with E-state index in [0.29, 0.717) is 0 Å². The molecule has 5 heteroatoms. The Kier molecular flexibility index (Phi) is 4.15. The van der Waals surface area contributed by atoms with Crippen LogP contribution in [0.4, 0.5) is 5.69 Å². The van der Waals surface area contributed by atoms with Crippen LogP contribution < -0.4 is 10.7 Å². The number of hydrogen-bond acceptors (Lipinski definition) is 2. The maximum Gasteiger partial charge on any atom is 0.187 e. The van der Waals surface area contributed by atoms with Gasteiger partial charge < -0.3 is 5.32 Å². The zero-order valence-corrected chi connectivity index (χ0v) is 11.3. The average molecular weight is 300 g/mol. The maximum atomic E-state index is 5.34. The number of thiocarbonyl (C=S) groups is 1. The number of anilines is 1. The molecule has 1 aliphatic heterocycles. The van der Waals surface area contributed by atoms with Gasteiger partial charge in [0.15, 0.2) is 5.11 Å². The van der Waals surface area contributed by atoms with Gasteiger partial charge in [-0.05, 0) is 43.3 Å². The van der Waals surface area contributed by atoms with Gasteiger partial charge in [0.05, 0.1) is 0 Å². The van der Waals surface area contributed by atoms with Crippen LogP contribution in [0.1, 0.15) is 12.8 Å². The van der Waals surface area contributed by atoms with E-state index >= 15 is 0 Å². The van der Waals surface area contributed by atoms with E-state index in [4.69, 9.17) is 12.2 Å². The lowest BCUT2D eigenvalue weighted by atomic mass is 10.3. The lowest BCUT2D eigenvalue weighted by molar-refractivity contribution is 0.261. The Morgan fingerprint density at radius 2 is 2.31 bits per heavy atom. The third-order valence-corrected chi connectivity index (χ3v) is 3.25. The van der Waals surface area contributed by atoms with Crippen molar-refractivity contribution in [1.29, 1.82) is 0 Å². The fourth-order valence-electron chi connectivity index (χ4n) is 1.62. The summed E-state index contributed by atoms with van der Waals surface area (Å²) in [6, 6.07) is 7.99. The summed E-state index contributed by atoms with van der Waals surface area (Å²) in [5, 5.41) is 5.95. The molecule has 2 rings (SSSR count). The van der Waals surface area contributed by atoms with E-state index in [2.05, 4.69) is 26.7 Å². The van der Waals surface area contributed by atoms with Gasteiger partial charge in [-0.25, -0.2) is 5.43 Å². The molecule has 0 spiro atoms. The minimum absolute atomic E-state index is 0.734. The molecule has 3 nitrogen and oxygen atoms in total. The highest BCUT2D eigenvalue weighted by Crippen LogP contribution is 2.16. The fourth-order valence-corrected chi connectivity index (χ4v) is 2.29. The van der Waals surface area contributed by atoms with E-state index < -0.39 is 0 Å². The summed E-state index contributed by atoms with van der Waals surface area (Å²) in [5.74, 6) is 0. The summed E-state index contributed by atoms with van der Waals surface area (Å²) in [6.45, 7) is 1.97. The van der Waals surface area contributed by atoms with Crippen LogP contribution >= 0.6 is 28.1 Å². The predicted octanol–water partition coefficient (Wildman–Crippen LogP) is 2.75. The van der Waals surface area contributed by atoms with Gasteiger partial charge in [-0.15, -0.1) is 0 Å². The maximum absolute atomic E-state index is 5.34. The molecule has 0 atom stereocenters. The summed E-state index contributed by atoms with van der Waals surface area (Å²) in [4.78, 5) is 0. The highest BCUT2D eigenvalue weighted by Gasteiger charge is 2.12. The second-order valence-electron chi connectivity index (χ2n) is 3.71. The van der Waals surface area contributed by atoms with Gasteiger partial charge in [-0.1, -0.05) is 22.0 Å². The van der Waals surface area contributed by atoms with Gasteiger partial charge in [-0.2, -0.15) is 0 Å². The van der Waals surface area contributed by atoms with Crippen molar-refractivity contribution in [1.82, 2.24) is 10.4 Å². The molecule has 1 fully saturated rings. The molecular weight excluding hydrogens is 286 g/mol. The quantitative estimate of drug-likeness (QED) is 0.780. The molecule has 0 saturated carbocycles. The standard InChI is InChI=1S/C11H14BrN3S/c12-9-4-3-5-10(8-9)14-11(16)15-7-2-1-6-13-15/h3-5,8,13H,1-2,6-7H2,(H,14,16). The molecule has 16 heavy (non-hydrogen) atoms. The van der Waals surface area contributed by atoms with Gasteiger partial charge in [0.2, 0.25) is 0 Å². The van der Waals surface area contributed by atoms with E-state index in [1.807, 2.05) is 29.3 Å². The molecule has 0 radical (unpaired) electrons. The first-order valence-corrected chi connectivity index (χ1v) is 6.53. The Balaban J connectivity index is 1.96. The second kappa shape index (κ2) is 5.61. The average Bonchev–Trinajstić information content (AvgIpc) is 2.30. The van der Waals surface area contributed by atoms with Crippen molar-refractivity contribution in [2.45, 2.75) is 12.8 Å². The van der Waals surface area contributed by atoms with Gasteiger partial charge in [-0.3, -0.25) is 5.01 Å². The van der Waals surface area contributed by atoms with Crippen LogP contribution in [0.3, 0.4) is 0 Å². The first-order chi connectivity index (χ1) is 7.75. The Labute approximate surface area is 109 Å². The Morgan fingerprint density at radius 3 is 3.00 bits per heavy atom. The zero-order valence-electron chi connectivity index (χ0n) is 8.87. The monoisotopic (exact) mass is 299 g/mol. The molecule has 1 heterocycles. The van der Waals surface area contributed by atoms with Crippen molar-refractivity contribution >= 4 is 38.9 Å². The summed E-state index contributed by atoms with van der Waals surface area (Å²) >= 11 is 8.77. The summed E-state index contributed by atoms with van der Waals surface area (Å²) in [5.41, 5.74) is 4.28. The molecular formula is C11H14BrN3S. The highest BCUT2D eigenvalue weighted by atomic mass is 79.9. The first-order valence-electron chi connectivity index (χ1n) is 5.33. The minimum Gasteiger partial charge on any atom is -0.331 e. The van der Waals surface area contributed by atoms with Crippen molar-refractivity contribution in [3.05, 3.63) is 28.7 Å². The second-order valence-corrected chi connectivity index (χ2v) is 5.01. The van der Waals surface area contributed by atoms with Gasteiger partial charge >= 0.3 is 0 Å². The van der Waals surface area contributed by atoms with Crippen LogP contribution in [0.25, 0.3) is 0 Å². The third kappa shape index (κ3) is 3.17. The lowest BCUT2D eigenvalue weighted by Gasteiger charge is -2.30. The molecule has 0 aromatic heterocycles. The molecule has 0 bridgehead atoms. The SMILES string of the molecule is S=C(Nc1cccc(Br)c1)N1CCCCN1. The van der Waals surface area contributed by atoms with E-state index in [9.17, 15) is 0 Å². The molecule has 0 aliphatic carbocycles. The topological polar surface area (TPSA) is 27.3 Å². The molecule has 2 N–H and O–H groups in total. The summed E-state index contributed by atoms with van der Waals surface area (Å²) < 4.78 is 1.05. The zero-order chi connectivity index (χ0) is 11.4. The number of hydrazine groups is 1. The minimum atomic E-state index is 0.734. The number of hydrogen-bond donors (Lipinski definition) is 2. The Hall–Kier alpha value is -0.650. The molecule has 1 aromatic carbocycles. The molecule has 86 valence electrons. The molecule has 0 unspecified atom stereocenters. The molecule has 1 aliphatic rings. The highest BCUT2D eigenvalue weighted by molar-refractivity contribution is 9.10. The van der Waals surface area contributed by atoms with Crippen LogP contribution in [-0.2, 0) is 0 Å². The number of nitrogens with zero attached hydrogens (tertiary/aromatic N) is 1. The van der Waals surface area contributed by atoms with Crippen molar-refractivity contribution < 1.29 is 0 Å². The molecule has 0 amide bonds. The molecule has 1 aromatic rings. The summed E-state index contributed by atoms with van der Waals surface area (Å²) in [7, 11) is 0. The van der Waals surface area contributed by atoms with Crippen LogP contribution in [0.5, 0.6) is 0 Å². The van der Waals surface area contributed by atoms with E-state index in [-0.39, 0.29) is 0 Å². The number of nitrogens with one attached hydrogen (secondary N) is 2. The Bertz CT molecular complexity index is 377. The van der Waals surface area contributed by atoms with Crippen LogP contribution in [0.15, 0.2) is 28.7 Å². The normalized spacial score (nSPS) is 15.9. The fraction of sp³-hybridized carbons (Fsp3) is 0.364. The van der Waals surface area contributed by atoms with Crippen LogP contribution in [-0.4, -0.2) is 23.2 Å². The number of rotatable bonds is 1. The predicted molar refractivity (Wildman–Crippen MR) is 74.3 cm³/mol.